The van der Waals surface area contributed by atoms with Crippen LogP contribution in [0.5, 0.6) is 0 Å². The van der Waals surface area contributed by atoms with Gasteiger partial charge in [-0.2, -0.15) is 0 Å². The molecule has 7 N–H and O–H groups in total. The number of likely N-dealkylation sites (tertiary alicyclic amines) is 1. The molecule has 0 saturated carbocycles. The molecular weight excluding hydrogens is 618 g/mol. The van der Waals surface area contributed by atoms with Crippen molar-refractivity contribution in [1.29, 1.82) is 0 Å². The second-order valence-electron chi connectivity index (χ2n) is 12.6. The Morgan fingerprint density at radius 2 is 1.75 bits per heavy atom. The lowest BCUT2D eigenvalue weighted by Crippen LogP contribution is -2.54. The van der Waals surface area contributed by atoms with Gasteiger partial charge in [0.05, 0.1) is 49.7 Å². The van der Waals surface area contributed by atoms with E-state index in [1.165, 1.54) is 0 Å². The summed E-state index contributed by atoms with van der Waals surface area (Å²) in [5, 5.41) is 8.28. The maximum absolute atomic E-state index is 13.7. The lowest BCUT2D eigenvalue weighted by Gasteiger charge is -2.39. The van der Waals surface area contributed by atoms with Crippen LogP contribution < -0.4 is 27.4 Å². The van der Waals surface area contributed by atoms with Gasteiger partial charge in [-0.15, -0.1) is 0 Å². The third-order valence-electron chi connectivity index (χ3n) is 9.34. The molecular formula is C34H57N7O7. The van der Waals surface area contributed by atoms with E-state index >= 15 is 0 Å². The monoisotopic (exact) mass is 675 g/mol. The van der Waals surface area contributed by atoms with E-state index in [1.807, 2.05) is 26.0 Å². The van der Waals surface area contributed by atoms with E-state index in [1.54, 1.807) is 57.0 Å². The van der Waals surface area contributed by atoms with Crippen LogP contribution in [0.4, 0.5) is 5.69 Å². The number of rotatable bonds is 19. The van der Waals surface area contributed by atoms with Gasteiger partial charge in [-0.1, -0.05) is 39.3 Å². The number of nitrogens with two attached hydrogens (primary N) is 2. The summed E-state index contributed by atoms with van der Waals surface area (Å²) in [4.78, 5) is 66.9. The van der Waals surface area contributed by atoms with Crippen molar-refractivity contribution in [1.82, 2.24) is 20.4 Å². The molecule has 270 valence electrons. The highest BCUT2D eigenvalue weighted by Gasteiger charge is 2.41. The predicted molar refractivity (Wildman–Crippen MR) is 184 cm³/mol. The molecule has 0 aliphatic carbocycles. The first-order valence-corrected chi connectivity index (χ1v) is 16.8. The number of nitrogens with zero attached hydrogens (tertiary/aromatic N) is 2. The summed E-state index contributed by atoms with van der Waals surface area (Å²) in [6, 6.07) is 5.90. The number of likely N-dealkylation sites (N-methyl/N-ethyl adjacent to an activating group) is 1. The minimum Gasteiger partial charge on any atom is -0.379 e. The summed E-state index contributed by atoms with van der Waals surface area (Å²) in [5.74, 6) is -1.77. The predicted octanol–water partition coefficient (Wildman–Crippen LogP) is 0.626. The van der Waals surface area contributed by atoms with E-state index in [0.717, 1.165) is 18.4 Å². The number of ether oxygens (including phenoxy) is 2. The Labute approximate surface area is 285 Å². The standard InChI is InChI=1S/C34H57N7O7/c1-8-21(2)31(40(5)30(44)20-36)27(47-6)18-29(43)41-16-10-13-26(41)32(48-7)22(3)33(45)37-15-14-24-11-9-12-25(17-24)39-34(46)23(4)38-28(42)19-35/h9,11-12,17,21-23,26-27,31-32H,8,10,13-16,18-20,35-36H2,1-7H3,(H,37,45)(H,38,42)(H,39,46). The van der Waals surface area contributed by atoms with Crippen LogP contribution in [0, 0.1) is 11.8 Å². The molecule has 7 unspecified atom stereocenters. The smallest absolute Gasteiger partial charge is 0.246 e. The van der Waals surface area contributed by atoms with Crippen LogP contribution in [0.2, 0.25) is 0 Å². The molecule has 5 amide bonds. The fraction of sp³-hybridized carbons (Fsp3) is 0.676. The van der Waals surface area contributed by atoms with Gasteiger partial charge in [-0.3, -0.25) is 24.0 Å². The van der Waals surface area contributed by atoms with Crippen molar-refractivity contribution in [3.63, 3.8) is 0 Å². The molecule has 14 heteroatoms. The molecule has 1 heterocycles. The minimum absolute atomic E-state index is 0.0775. The van der Waals surface area contributed by atoms with Crippen LogP contribution in [0.15, 0.2) is 24.3 Å². The molecule has 1 saturated heterocycles. The maximum Gasteiger partial charge on any atom is 0.246 e. The van der Waals surface area contributed by atoms with Gasteiger partial charge in [0.2, 0.25) is 29.5 Å². The molecule has 14 nitrogen and oxygen atoms in total. The Bertz CT molecular complexity index is 1230. The summed E-state index contributed by atoms with van der Waals surface area (Å²) in [7, 11) is 4.81. The van der Waals surface area contributed by atoms with Gasteiger partial charge >= 0.3 is 0 Å². The Kier molecular flexibility index (Phi) is 16.9. The van der Waals surface area contributed by atoms with Crippen LogP contribution in [-0.2, 0) is 39.9 Å². The third kappa shape index (κ3) is 11.2. The first kappa shape index (κ1) is 40.6. The average molecular weight is 676 g/mol. The Hall–Kier alpha value is -3.59. The largest absolute Gasteiger partial charge is 0.379 e. The molecule has 1 aliphatic heterocycles. The van der Waals surface area contributed by atoms with Crippen molar-refractivity contribution in [2.75, 3.05) is 52.8 Å². The van der Waals surface area contributed by atoms with Crippen molar-refractivity contribution >= 4 is 35.2 Å². The van der Waals surface area contributed by atoms with Gasteiger partial charge in [0.1, 0.15) is 6.04 Å². The summed E-state index contributed by atoms with van der Waals surface area (Å²) in [6.07, 6.45) is 1.84. The zero-order valence-electron chi connectivity index (χ0n) is 29.6. The van der Waals surface area contributed by atoms with Gasteiger partial charge in [-0.05, 0) is 49.8 Å². The van der Waals surface area contributed by atoms with Gasteiger partial charge in [0.25, 0.3) is 0 Å². The van der Waals surface area contributed by atoms with Gasteiger partial charge < -0.3 is 46.7 Å². The average Bonchev–Trinajstić information content (AvgIpc) is 3.57. The van der Waals surface area contributed by atoms with Crippen LogP contribution in [0.25, 0.3) is 0 Å². The SMILES string of the molecule is CCC(C)C(C(CC(=O)N1CCCC1C(OC)C(C)C(=O)NCCc1cccc(NC(=O)C(C)NC(=O)CN)c1)OC)N(C)C(=O)CN. The summed E-state index contributed by atoms with van der Waals surface area (Å²) >= 11 is 0. The summed E-state index contributed by atoms with van der Waals surface area (Å²) in [6.45, 7) is 8.01. The van der Waals surface area contributed by atoms with Crippen molar-refractivity contribution in [2.45, 2.75) is 90.1 Å². The first-order valence-electron chi connectivity index (χ1n) is 16.8. The number of carbonyl (C=O) groups excluding carboxylic acids is 5. The first-order chi connectivity index (χ1) is 22.8. The zero-order chi connectivity index (χ0) is 36.0. The lowest BCUT2D eigenvalue weighted by molar-refractivity contribution is -0.145. The zero-order valence-corrected chi connectivity index (χ0v) is 29.6. The molecule has 2 rings (SSSR count). The van der Waals surface area contributed by atoms with E-state index in [0.29, 0.717) is 31.6 Å². The molecule has 1 aromatic rings. The highest BCUT2D eigenvalue weighted by molar-refractivity contribution is 5.97. The van der Waals surface area contributed by atoms with E-state index in [9.17, 15) is 24.0 Å². The molecule has 0 spiro atoms. The number of carbonyl (C=O) groups is 5. The van der Waals surface area contributed by atoms with Gasteiger partial charge in [0, 0.05) is 40.0 Å². The number of amides is 5. The number of hydrogen-bond acceptors (Lipinski definition) is 9. The van der Waals surface area contributed by atoms with Crippen LogP contribution in [0.3, 0.4) is 0 Å². The van der Waals surface area contributed by atoms with Crippen molar-refractivity contribution in [3.05, 3.63) is 29.8 Å². The number of benzene rings is 1. The molecule has 0 bridgehead atoms. The van der Waals surface area contributed by atoms with Crippen molar-refractivity contribution in [3.8, 4) is 0 Å². The fourth-order valence-electron chi connectivity index (χ4n) is 6.38. The number of nitrogens with one attached hydrogen (secondary N) is 3. The fourth-order valence-corrected chi connectivity index (χ4v) is 6.38. The lowest BCUT2D eigenvalue weighted by atomic mass is 9.90. The summed E-state index contributed by atoms with van der Waals surface area (Å²) in [5.41, 5.74) is 12.4. The van der Waals surface area contributed by atoms with Gasteiger partial charge in [-0.25, -0.2) is 0 Å². The molecule has 0 aromatic heterocycles. The quantitative estimate of drug-likeness (QED) is 0.140. The van der Waals surface area contributed by atoms with E-state index < -0.39 is 30.1 Å². The maximum atomic E-state index is 13.7. The Morgan fingerprint density at radius 1 is 1.04 bits per heavy atom. The molecule has 1 aromatic carbocycles. The van der Waals surface area contributed by atoms with Gasteiger partial charge in [0.15, 0.2) is 0 Å². The van der Waals surface area contributed by atoms with E-state index in [-0.39, 0.29) is 61.1 Å². The summed E-state index contributed by atoms with van der Waals surface area (Å²) < 4.78 is 11.7. The van der Waals surface area contributed by atoms with E-state index in [2.05, 4.69) is 16.0 Å². The topological polar surface area (TPSA) is 198 Å². The van der Waals surface area contributed by atoms with E-state index in [4.69, 9.17) is 20.9 Å². The van der Waals surface area contributed by atoms with Crippen LogP contribution in [0.1, 0.15) is 58.9 Å². The Morgan fingerprint density at radius 3 is 2.35 bits per heavy atom. The highest BCUT2D eigenvalue weighted by Crippen LogP contribution is 2.29. The minimum atomic E-state index is -0.748. The highest BCUT2D eigenvalue weighted by atomic mass is 16.5. The number of methoxy groups -OCH3 is 2. The number of anilines is 1. The second-order valence-corrected chi connectivity index (χ2v) is 12.6. The molecule has 1 aliphatic rings. The molecule has 7 atom stereocenters. The Balaban J connectivity index is 2.02. The second kappa shape index (κ2) is 20.0. The molecule has 0 radical (unpaired) electrons. The normalized spacial score (nSPS) is 18.2. The van der Waals surface area contributed by atoms with Crippen LogP contribution >= 0.6 is 0 Å². The van der Waals surface area contributed by atoms with Crippen molar-refractivity contribution in [2.24, 2.45) is 23.3 Å². The third-order valence-corrected chi connectivity index (χ3v) is 9.34. The van der Waals surface area contributed by atoms with Crippen LogP contribution in [-0.4, -0.2) is 117 Å². The number of hydrogen-bond donors (Lipinski definition) is 5. The molecule has 48 heavy (non-hydrogen) atoms. The van der Waals surface area contributed by atoms with Crippen molar-refractivity contribution < 1.29 is 33.4 Å². The molecule has 1 fully saturated rings.